The molecule has 6 rings (SSSR count). The molecule has 6 fully saturated rings. The van der Waals surface area contributed by atoms with Gasteiger partial charge in [0, 0.05) is 11.3 Å². The van der Waals surface area contributed by atoms with Crippen LogP contribution in [0.1, 0.15) is 84.0 Å². The van der Waals surface area contributed by atoms with Crippen molar-refractivity contribution in [2.24, 2.45) is 45.8 Å². The Morgan fingerprint density at radius 2 is 1.07 bits per heavy atom. The number of aliphatic hydroxyl groups is 2. The van der Waals surface area contributed by atoms with Crippen LogP contribution in [0, 0.1) is 45.8 Å². The number of halogens is 12. The van der Waals surface area contributed by atoms with Gasteiger partial charge in [-0.3, -0.25) is 0 Å². The summed E-state index contributed by atoms with van der Waals surface area (Å²) in [7, 11) is 0. The third-order valence-electron chi connectivity index (χ3n) is 12.0. The molecule has 14 heteroatoms. The monoisotopic (exact) mass is 618 g/mol. The molecule has 0 aliphatic heterocycles. The Morgan fingerprint density at radius 3 is 1.46 bits per heavy atom. The van der Waals surface area contributed by atoms with Crippen molar-refractivity contribution in [3.05, 3.63) is 0 Å². The second-order valence-corrected chi connectivity index (χ2v) is 14.3. The Balaban J connectivity index is 1.37. The van der Waals surface area contributed by atoms with Crippen LogP contribution in [-0.2, 0) is 0 Å². The van der Waals surface area contributed by atoms with E-state index in [0.717, 1.165) is 0 Å². The number of fused-ring (bicyclic) bond motifs is 2. The molecule has 0 heterocycles. The van der Waals surface area contributed by atoms with Gasteiger partial charge >= 0.3 is 24.7 Å². The molecule has 0 radical (unpaired) electrons. The van der Waals surface area contributed by atoms with E-state index in [1.54, 1.807) is 0 Å². The molecule has 6 aliphatic rings. The summed E-state index contributed by atoms with van der Waals surface area (Å²) >= 11 is 0. The molecule has 6 aliphatic carbocycles. The Morgan fingerprint density at radius 1 is 0.585 bits per heavy atom. The van der Waals surface area contributed by atoms with Gasteiger partial charge in [0.25, 0.3) is 11.2 Å². The maximum absolute atomic E-state index is 13.8. The Kier molecular flexibility index (Phi) is 6.79. The minimum absolute atomic E-state index is 0.152. The van der Waals surface area contributed by atoms with Gasteiger partial charge in [-0.2, -0.15) is 52.7 Å². The molecule has 238 valence electrons. The van der Waals surface area contributed by atoms with Crippen molar-refractivity contribution in [1.82, 2.24) is 0 Å². The molecule has 0 amide bonds. The van der Waals surface area contributed by atoms with E-state index in [1.165, 1.54) is 0 Å². The molecular weight excluding hydrogens is 584 g/mol. The molecule has 2 nitrogen and oxygen atoms in total. The number of hydrogen-bond acceptors (Lipinski definition) is 2. The first-order valence-electron chi connectivity index (χ1n) is 14.1. The van der Waals surface area contributed by atoms with Crippen molar-refractivity contribution in [3.63, 3.8) is 0 Å². The third kappa shape index (κ3) is 4.28. The first-order chi connectivity index (χ1) is 18.4. The minimum atomic E-state index is -5.91. The lowest BCUT2D eigenvalue weighted by Gasteiger charge is -2.71. The predicted octanol–water partition coefficient (Wildman–Crippen LogP) is 8.51. The number of hydrogen-bond donors (Lipinski definition) is 2. The average molecular weight is 619 g/mol. The molecule has 2 N–H and O–H groups in total. The molecule has 6 saturated carbocycles. The summed E-state index contributed by atoms with van der Waals surface area (Å²) in [5, 5.41) is 20.3. The maximum Gasteiger partial charge on any atom is 0.426 e. The average Bonchev–Trinajstić information content (AvgIpc) is 2.77. The van der Waals surface area contributed by atoms with Crippen LogP contribution < -0.4 is 0 Å². The highest BCUT2D eigenvalue weighted by molar-refractivity contribution is 5.23. The summed E-state index contributed by atoms with van der Waals surface area (Å²) in [6, 6.07) is 0. The molecule has 4 unspecified atom stereocenters. The second kappa shape index (κ2) is 8.84. The van der Waals surface area contributed by atoms with Crippen molar-refractivity contribution in [3.8, 4) is 0 Å². The van der Waals surface area contributed by atoms with Gasteiger partial charge in [-0.05, 0) is 105 Å². The van der Waals surface area contributed by atoms with Crippen molar-refractivity contribution in [2.75, 3.05) is 0 Å². The zero-order valence-corrected chi connectivity index (χ0v) is 22.3. The first-order valence-corrected chi connectivity index (χ1v) is 14.1. The van der Waals surface area contributed by atoms with E-state index in [1.807, 2.05) is 6.92 Å². The van der Waals surface area contributed by atoms with Gasteiger partial charge < -0.3 is 10.2 Å². The second-order valence-electron chi connectivity index (χ2n) is 14.3. The van der Waals surface area contributed by atoms with Crippen molar-refractivity contribution in [2.45, 2.75) is 120 Å². The summed E-state index contributed by atoms with van der Waals surface area (Å²) in [5.41, 5.74) is -13.4. The molecule has 5 bridgehead atoms. The predicted molar refractivity (Wildman–Crippen MR) is 120 cm³/mol. The Bertz CT molecular complexity index is 972. The maximum atomic E-state index is 13.8. The van der Waals surface area contributed by atoms with Crippen LogP contribution in [0.3, 0.4) is 0 Å². The van der Waals surface area contributed by atoms with E-state index in [2.05, 4.69) is 0 Å². The minimum Gasteiger partial charge on any atom is -0.373 e. The quantitative estimate of drug-likeness (QED) is 0.310. The lowest BCUT2D eigenvalue weighted by atomic mass is 9.33. The third-order valence-corrected chi connectivity index (χ3v) is 12.0. The Labute approximate surface area is 229 Å². The highest BCUT2D eigenvalue weighted by atomic mass is 19.4. The summed E-state index contributed by atoms with van der Waals surface area (Å²) < 4.78 is 164. The van der Waals surface area contributed by atoms with Crippen molar-refractivity contribution < 1.29 is 62.9 Å². The van der Waals surface area contributed by atoms with E-state index in [4.69, 9.17) is 0 Å². The van der Waals surface area contributed by atoms with Crippen LogP contribution >= 0.6 is 0 Å². The summed E-state index contributed by atoms with van der Waals surface area (Å²) in [6.45, 7) is 1.86. The highest BCUT2D eigenvalue weighted by Crippen LogP contribution is 2.78. The van der Waals surface area contributed by atoms with Gasteiger partial charge in [0.15, 0.2) is 0 Å². The summed E-state index contributed by atoms with van der Waals surface area (Å²) in [4.78, 5) is 0. The molecule has 0 saturated heterocycles. The van der Waals surface area contributed by atoms with Crippen LogP contribution in [0.2, 0.25) is 0 Å². The summed E-state index contributed by atoms with van der Waals surface area (Å²) in [5.74, 6) is -3.76. The SMILES string of the molecule is CCC1(C2CC3CC4(C2)CC(C(O)(C(F)(F)F)C(F)(F)F)(C3)C4)CC2CC(CC(C(O)(C(F)(F)F)C(F)(F)F)C2)C1. The molecule has 0 aromatic rings. The van der Waals surface area contributed by atoms with Crippen LogP contribution in [0.25, 0.3) is 0 Å². The van der Waals surface area contributed by atoms with Gasteiger partial charge in [0.1, 0.15) is 0 Å². The van der Waals surface area contributed by atoms with Gasteiger partial charge in [-0.1, -0.05) is 13.3 Å². The van der Waals surface area contributed by atoms with Gasteiger partial charge in [-0.15, -0.1) is 0 Å². The number of alkyl halides is 12. The van der Waals surface area contributed by atoms with E-state index >= 15 is 0 Å². The van der Waals surface area contributed by atoms with E-state index in [0.29, 0.717) is 44.9 Å². The normalized spacial score (nSPS) is 42.1. The fourth-order valence-corrected chi connectivity index (χ4v) is 11.0. The first kappa shape index (κ1) is 31.5. The van der Waals surface area contributed by atoms with E-state index in [9.17, 15) is 62.9 Å². The smallest absolute Gasteiger partial charge is 0.373 e. The zero-order valence-electron chi connectivity index (χ0n) is 22.3. The molecule has 1 spiro atoms. The molecule has 0 aromatic carbocycles. The van der Waals surface area contributed by atoms with Crippen LogP contribution in [0.15, 0.2) is 0 Å². The van der Waals surface area contributed by atoms with Gasteiger partial charge in [-0.25, -0.2) is 0 Å². The molecule has 4 atom stereocenters. The topological polar surface area (TPSA) is 40.5 Å². The van der Waals surface area contributed by atoms with Crippen LogP contribution in [-0.4, -0.2) is 46.1 Å². The van der Waals surface area contributed by atoms with E-state index < -0.39 is 108 Å². The lowest BCUT2D eigenvalue weighted by Crippen LogP contribution is -2.75. The van der Waals surface area contributed by atoms with E-state index in [-0.39, 0.29) is 5.92 Å². The van der Waals surface area contributed by atoms with Crippen LogP contribution in [0.5, 0.6) is 0 Å². The molecule has 41 heavy (non-hydrogen) atoms. The molecule has 0 aromatic heterocycles. The van der Waals surface area contributed by atoms with Gasteiger partial charge in [0.05, 0.1) is 0 Å². The summed E-state index contributed by atoms with van der Waals surface area (Å²) in [6.07, 6.45) is -23.3. The number of rotatable bonds is 4. The largest absolute Gasteiger partial charge is 0.426 e. The standard InChI is InChI=1S/C27H34F12O2/c1-2-20(8-14-3-15(9-20)5-17(4-14)22(40,24(28,29)30)25(31,32)33)18-6-16-7-19(11-18)12-21(10-16,13-19)23(41,26(34,35)36)27(37,38)39/h14-18,40-41H,2-13H2,1H3. The lowest BCUT2D eigenvalue weighted by molar-refractivity contribution is -0.434. The van der Waals surface area contributed by atoms with Crippen molar-refractivity contribution in [1.29, 1.82) is 0 Å². The highest BCUT2D eigenvalue weighted by Gasteiger charge is 2.84. The fourth-order valence-electron chi connectivity index (χ4n) is 11.0. The van der Waals surface area contributed by atoms with Crippen LogP contribution in [0.4, 0.5) is 52.7 Å². The Hall–Kier alpha value is -0.920. The zero-order chi connectivity index (χ0) is 30.9. The van der Waals surface area contributed by atoms with Crippen molar-refractivity contribution >= 4 is 0 Å². The molecular formula is C27H34F12O2. The van der Waals surface area contributed by atoms with Gasteiger partial charge in [0.2, 0.25) is 0 Å². The fraction of sp³-hybridized carbons (Fsp3) is 1.00.